The fourth-order valence-corrected chi connectivity index (χ4v) is 6.64. The van der Waals surface area contributed by atoms with Gasteiger partial charge in [0.05, 0.1) is 13.2 Å². The summed E-state index contributed by atoms with van der Waals surface area (Å²) in [6.07, 6.45) is 2.08. The van der Waals surface area contributed by atoms with E-state index in [-0.39, 0.29) is 17.9 Å². The van der Waals surface area contributed by atoms with Gasteiger partial charge in [-0.05, 0) is 29.8 Å². The van der Waals surface area contributed by atoms with E-state index < -0.39 is 5.41 Å². The van der Waals surface area contributed by atoms with Gasteiger partial charge in [-0.3, -0.25) is 9.69 Å². The Morgan fingerprint density at radius 3 is 2.88 bits per heavy atom. The standard InChI is InChI=1S/C19H19ClN2O2S/c1-24-18(23)19-10-21-8-2-3-14(21)17(19)22-11-25-9-15(22)16(19)12-4-6-13(20)7-5-12/h2-8,15-17H,9-11H2,1H3/t15?,16-,17+,19-/m1/s1. The summed E-state index contributed by atoms with van der Waals surface area (Å²) in [5, 5.41) is 0.723. The largest absolute Gasteiger partial charge is 0.468 e. The van der Waals surface area contributed by atoms with Gasteiger partial charge in [-0.15, -0.1) is 11.8 Å². The topological polar surface area (TPSA) is 34.5 Å². The molecule has 4 heterocycles. The van der Waals surface area contributed by atoms with Crippen LogP contribution >= 0.6 is 23.4 Å². The Kier molecular flexibility index (Phi) is 3.50. The van der Waals surface area contributed by atoms with Crippen LogP contribution in [0.3, 0.4) is 0 Å². The van der Waals surface area contributed by atoms with E-state index in [9.17, 15) is 4.79 Å². The summed E-state index contributed by atoms with van der Waals surface area (Å²) in [5.41, 5.74) is 1.85. The van der Waals surface area contributed by atoms with Crippen molar-refractivity contribution in [1.82, 2.24) is 9.47 Å². The summed E-state index contributed by atoms with van der Waals surface area (Å²) in [6, 6.07) is 12.7. The van der Waals surface area contributed by atoms with Crippen molar-refractivity contribution in [3.8, 4) is 0 Å². The zero-order valence-electron chi connectivity index (χ0n) is 13.9. The monoisotopic (exact) mass is 374 g/mol. The third-order valence-corrected chi connectivity index (χ3v) is 7.40. The van der Waals surface area contributed by atoms with Crippen molar-refractivity contribution in [2.75, 3.05) is 18.7 Å². The maximum Gasteiger partial charge on any atom is 0.316 e. The molecule has 3 aliphatic rings. The Balaban J connectivity index is 1.72. The van der Waals surface area contributed by atoms with E-state index in [1.165, 1.54) is 18.4 Å². The lowest BCUT2D eigenvalue weighted by Crippen LogP contribution is -2.41. The molecule has 3 aliphatic heterocycles. The normalized spacial score (nSPS) is 33.1. The lowest BCUT2D eigenvalue weighted by molar-refractivity contribution is -0.155. The number of nitrogens with zero attached hydrogens (tertiary/aromatic N) is 2. The molecule has 2 fully saturated rings. The van der Waals surface area contributed by atoms with E-state index in [1.807, 2.05) is 23.9 Å². The van der Waals surface area contributed by atoms with E-state index in [0.29, 0.717) is 12.6 Å². The van der Waals surface area contributed by atoms with Crippen molar-refractivity contribution in [2.45, 2.75) is 24.5 Å². The molecule has 6 heteroatoms. The summed E-state index contributed by atoms with van der Waals surface area (Å²) in [4.78, 5) is 15.7. The molecule has 0 amide bonds. The van der Waals surface area contributed by atoms with E-state index in [0.717, 1.165) is 16.7 Å². The van der Waals surface area contributed by atoms with Gasteiger partial charge in [0.1, 0.15) is 5.41 Å². The van der Waals surface area contributed by atoms with Crippen molar-refractivity contribution < 1.29 is 9.53 Å². The molecule has 1 aromatic carbocycles. The summed E-state index contributed by atoms with van der Waals surface area (Å²) in [6.45, 7) is 0.678. The van der Waals surface area contributed by atoms with Crippen LogP contribution in [0.2, 0.25) is 5.02 Å². The number of rotatable bonds is 2. The Hall–Kier alpha value is -1.43. The number of hydrogen-bond donors (Lipinski definition) is 0. The average molecular weight is 375 g/mol. The smallest absolute Gasteiger partial charge is 0.316 e. The van der Waals surface area contributed by atoms with Crippen molar-refractivity contribution in [3.05, 3.63) is 58.9 Å². The highest BCUT2D eigenvalue weighted by molar-refractivity contribution is 7.99. The minimum Gasteiger partial charge on any atom is -0.468 e. The summed E-state index contributed by atoms with van der Waals surface area (Å²) >= 11 is 8.06. The predicted octanol–water partition coefficient (Wildman–Crippen LogP) is 3.53. The first-order chi connectivity index (χ1) is 12.2. The van der Waals surface area contributed by atoms with Crippen molar-refractivity contribution in [3.63, 3.8) is 0 Å². The molecular formula is C19H19ClN2O2S. The number of methoxy groups -OCH3 is 1. The summed E-state index contributed by atoms with van der Waals surface area (Å²) in [5.74, 6) is 2.02. The third-order valence-electron chi connectivity index (χ3n) is 6.09. The fourth-order valence-electron chi connectivity index (χ4n) is 5.24. The molecule has 25 heavy (non-hydrogen) atoms. The van der Waals surface area contributed by atoms with Crippen molar-refractivity contribution >= 4 is 29.3 Å². The van der Waals surface area contributed by atoms with Gasteiger partial charge in [-0.25, -0.2) is 0 Å². The Morgan fingerprint density at radius 2 is 2.12 bits per heavy atom. The minimum absolute atomic E-state index is 0.0793. The van der Waals surface area contributed by atoms with Gasteiger partial charge in [0.15, 0.2) is 0 Å². The highest BCUT2D eigenvalue weighted by atomic mass is 35.5. The maximum atomic E-state index is 13.2. The first kappa shape index (κ1) is 15.8. The number of aromatic nitrogens is 1. The van der Waals surface area contributed by atoms with Gasteiger partial charge in [0.2, 0.25) is 0 Å². The van der Waals surface area contributed by atoms with E-state index >= 15 is 0 Å². The van der Waals surface area contributed by atoms with E-state index in [2.05, 4.69) is 39.9 Å². The molecule has 0 radical (unpaired) electrons. The number of carbonyl (C=O) groups excluding carboxylic acids is 1. The molecule has 0 spiro atoms. The van der Waals surface area contributed by atoms with Gasteiger partial charge in [-0.2, -0.15) is 0 Å². The molecule has 0 N–H and O–H groups in total. The number of halogens is 1. The molecule has 0 aliphatic carbocycles. The number of benzene rings is 1. The van der Waals surface area contributed by atoms with Crippen LogP contribution in [0.15, 0.2) is 42.6 Å². The van der Waals surface area contributed by atoms with Crippen LogP contribution in [0.25, 0.3) is 0 Å². The van der Waals surface area contributed by atoms with E-state index in [1.54, 1.807) is 0 Å². The van der Waals surface area contributed by atoms with Crippen LogP contribution in [-0.2, 0) is 16.1 Å². The molecule has 130 valence electrons. The summed E-state index contributed by atoms with van der Waals surface area (Å²) in [7, 11) is 1.51. The first-order valence-corrected chi connectivity index (χ1v) is 10.0. The second-order valence-electron chi connectivity index (χ2n) is 7.11. The maximum absolute atomic E-state index is 13.2. The predicted molar refractivity (Wildman–Crippen MR) is 98.8 cm³/mol. The molecule has 1 unspecified atom stereocenters. The molecule has 2 aromatic rings. The number of thioether (sulfide) groups is 1. The highest BCUT2D eigenvalue weighted by Crippen LogP contribution is 2.64. The number of esters is 1. The van der Waals surface area contributed by atoms with Gasteiger partial charge >= 0.3 is 5.97 Å². The minimum atomic E-state index is -0.565. The SMILES string of the molecule is COC(=O)[C@@]12Cn3cccc3[C@@H]1N1CSCC1[C@H]2c1ccc(Cl)cc1. The second-order valence-corrected chi connectivity index (χ2v) is 8.54. The Labute approximate surface area is 156 Å². The molecule has 1 aromatic heterocycles. The molecule has 0 bridgehead atoms. The molecule has 2 saturated heterocycles. The molecule has 4 nitrogen and oxygen atoms in total. The van der Waals surface area contributed by atoms with Crippen LogP contribution < -0.4 is 0 Å². The number of ether oxygens (including phenoxy) is 1. The highest BCUT2D eigenvalue weighted by Gasteiger charge is 2.68. The fraction of sp³-hybridized carbons (Fsp3) is 0.421. The van der Waals surface area contributed by atoms with Crippen molar-refractivity contribution in [2.24, 2.45) is 5.41 Å². The Bertz CT molecular complexity index is 836. The average Bonchev–Trinajstić information content (AvgIpc) is 3.33. The zero-order chi connectivity index (χ0) is 17.2. The van der Waals surface area contributed by atoms with Crippen LogP contribution in [0.4, 0.5) is 0 Å². The molecular weight excluding hydrogens is 356 g/mol. The second kappa shape index (κ2) is 5.53. The lowest BCUT2D eigenvalue weighted by Gasteiger charge is -2.33. The van der Waals surface area contributed by atoms with Gasteiger partial charge in [0.25, 0.3) is 0 Å². The first-order valence-electron chi connectivity index (χ1n) is 8.49. The van der Waals surface area contributed by atoms with Crippen LogP contribution in [-0.4, -0.2) is 40.2 Å². The summed E-state index contributed by atoms with van der Waals surface area (Å²) < 4.78 is 7.59. The molecule has 0 saturated carbocycles. The van der Waals surface area contributed by atoms with Gasteiger partial charge in [-0.1, -0.05) is 23.7 Å². The third kappa shape index (κ3) is 1.97. The zero-order valence-corrected chi connectivity index (χ0v) is 15.5. The van der Waals surface area contributed by atoms with Gasteiger partial charge < -0.3 is 9.30 Å². The number of carbonyl (C=O) groups is 1. The Morgan fingerprint density at radius 1 is 1.32 bits per heavy atom. The molecule has 5 rings (SSSR count). The number of fused-ring (bicyclic) bond motifs is 5. The molecule has 4 atom stereocenters. The number of hydrogen-bond acceptors (Lipinski definition) is 4. The van der Waals surface area contributed by atoms with Gasteiger partial charge in [0, 0.05) is 47.0 Å². The quantitative estimate of drug-likeness (QED) is 0.753. The van der Waals surface area contributed by atoms with Crippen LogP contribution in [0, 0.1) is 5.41 Å². The lowest BCUT2D eigenvalue weighted by atomic mass is 9.69. The van der Waals surface area contributed by atoms with E-state index in [4.69, 9.17) is 16.3 Å². The van der Waals surface area contributed by atoms with Crippen LogP contribution in [0.1, 0.15) is 23.2 Å². The van der Waals surface area contributed by atoms with Crippen LogP contribution in [0.5, 0.6) is 0 Å². The van der Waals surface area contributed by atoms with Crippen molar-refractivity contribution in [1.29, 1.82) is 0 Å².